The molecule has 2 unspecified atom stereocenters. The van der Waals surface area contributed by atoms with E-state index in [4.69, 9.17) is 27.8 Å². The minimum Gasteiger partial charge on any atom is -0.464 e. The van der Waals surface area contributed by atoms with E-state index < -0.39 is 18.1 Å². The van der Waals surface area contributed by atoms with E-state index in [0.29, 0.717) is 25.7 Å². The van der Waals surface area contributed by atoms with Gasteiger partial charge in [-0.05, 0) is 35.1 Å². The molecule has 0 radical (unpaired) electrons. The molecule has 6 heteroatoms. The van der Waals surface area contributed by atoms with E-state index in [1.54, 1.807) is 0 Å². The molecule has 0 heterocycles. The van der Waals surface area contributed by atoms with Crippen molar-refractivity contribution in [1.29, 1.82) is 0 Å². The summed E-state index contributed by atoms with van der Waals surface area (Å²) in [5.74, 6) is -0.598. The molecule has 0 saturated carbocycles. The number of rotatable bonds is 10. The summed E-state index contributed by atoms with van der Waals surface area (Å²) in [6, 6.07) is 15.2. The number of unbranched alkanes of at least 4 members (excludes halogenated alkanes) is 1. The van der Waals surface area contributed by atoms with Crippen LogP contribution in [-0.4, -0.2) is 36.3 Å². The van der Waals surface area contributed by atoms with Gasteiger partial charge >= 0.3 is 5.97 Å². The lowest BCUT2D eigenvalue weighted by atomic mass is 9.98. The number of ketones is 1. The first kappa shape index (κ1) is 21.5. The third-order valence-corrected chi connectivity index (χ3v) is 5.75. The van der Waals surface area contributed by atoms with E-state index in [9.17, 15) is 9.59 Å². The summed E-state index contributed by atoms with van der Waals surface area (Å²) < 4.78 is 5.58. The van der Waals surface area contributed by atoms with Crippen LogP contribution in [0.15, 0.2) is 48.5 Å². The molecule has 0 saturated heterocycles. The molecule has 5 nitrogen and oxygen atoms in total. The van der Waals surface area contributed by atoms with Crippen LogP contribution in [0.4, 0.5) is 0 Å². The highest BCUT2D eigenvalue weighted by atomic mass is 35.5. The van der Waals surface area contributed by atoms with Gasteiger partial charge in [0, 0.05) is 5.92 Å². The Labute approximate surface area is 176 Å². The van der Waals surface area contributed by atoms with E-state index in [0.717, 1.165) is 0 Å². The molecular formula is C23H27ClN2O3. The van der Waals surface area contributed by atoms with Crippen molar-refractivity contribution >= 4 is 23.4 Å². The second-order valence-electron chi connectivity index (χ2n) is 7.45. The Morgan fingerprint density at radius 2 is 1.41 bits per heavy atom. The Hall–Kier alpha value is -2.21. The average Bonchev–Trinajstić information content (AvgIpc) is 3.07. The fourth-order valence-corrected chi connectivity index (χ4v) is 4.02. The maximum atomic E-state index is 12.4. The van der Waals surface area contributed by atoms with Gasteiger partial charge in [-0.1, -0.05) is 61.4 Å². The van der Waals surface area contributed by atoms with Crippen LogP contribution in [0.3, 0.4) is 0 Å². The van der Waals surface area contributed by atoms with Gasteiger partial charge in [0.25, 0.3) is 0 Å². The number of esters is 1. The normalized spacial score (nSPS) is 14.7. The topological polar surface area (TPSA) is 95.4 Å². The van der Waals surface area contributed by atoms with E-state index in [1.807, 2.05) is 24.3 Å². The lowest BCUT2D eigenvalue weighted by Gasteiger charge is -2.17. The Morgan fingerprint density at radius 1 is 0.897 bits per heavy atom. The van der Waals surface area contributed by atoms with Crippen LogP contribution >= 0.6 is 11.6 Å². The lowest BCUT2D eigenvalue weighted by Crippen LogP contribution is -2.34. The Balaban J connectivity index is 1.50. The summed E-state index contributed by atoms with van der Waals surface area (Å²) in [5.41, 5.74) is 16.5. The zero-order valence-corrected chi connectivity index (χ0v) is 17.1. The molecule has 0 bridgehead atoms. The molecule has 1 aliphatic carbocycles. The van der Waals surface area contributed by atoms with Crippen molar-refractivity contribution in [3.63, 3.8) is 0 Å². The molecule has 0 spiro atoms. The van der Waals surface area contributed by atoms with Gasteiger partial charge in [-0.15, -0.1) is 11.6 Å². The number of benzene rings is 2. The van der Waals surface area contributed by atoms with Crippen molar-refractivity contribution in [2.45, 2.75) is 43.7 Å². The standard InChI is InChI=1S/C23H27ClN2O3/c24-13-22(27)20(25)11-5-6-12-21(26)23(28)29-14-19-17-9-3-1-7-15(17)16-8-2-4-10-18(16)19/h1-4,7-10,19-21H,5-6,11-14,25-26H2. The predicted octanol–water partition coefficient (Wildman–Crippen LogP) is 3.37. The molecular weight excluding hydrogens is 388 g/mol. The van der Waals surface area contributed by atoms with Crippen LogP contribution in [0, 0.1) is 0 Å². The predicted molar refractivity (Wildman–Crippen MR) is 115 cm³/mol. The third-order valence-electron chi connectivity index (χ3n) is 5.48. The molecule has 3 rings (SSSR count). The summed E-state index contributed by atoms with van der Waals surface area (Å²) in [6.45, 7) is 0.273. The molecule has 29 heavy (non-hydrogen) atoms. The number of halogens is 1. The van der Waals surface area contributed by atoms with Crippen LogP contribution in [0.5, 0.6) is 0 Å². The number of nitrogens with two attached hydrogens (primary N) is 2. The zero-order chi connectivity index (χ0) is 20.8. The monoisotopic (exact) mass is 414 g/mol. The maximum Gasteiger partial charge on any atom is 0.322 e. The van der Waals surface area contributed by atoms with Crippen molar-refractivity contribution in [3.8, 4) is 11.1 Å². The maximum absolute atomic E-state index is 12.4. The molecule has 0 aromatic heterocycles. The van der Waals surface area contributed by atoms with Gasteiger partial charge in [0.05, 0.1) is 11.9 Å². The molecule has 1 aliphatic rings. The Bertz CT molecular complexity index is 825. The highest BCUT2D eigenvalue weighted by molar-refractivity contribution is 6.28. The van der Waals surface area contributed by atoms with Crippen molar-refractivity contribution < 1.29 is 14.3 Å². The number of carbonyl (C=O) groups excluding carboxylic acids is 2. The first-order valence-electron chi connectivity index (χ1n) is 9.97. The average molecular weight is 415 g/mol. The second-order valence-corrected chi connectivity index (χ2v) is 7.72. The quantitative estimate of drug-likeness (QED) is 0.353. The molecule has 0 fully saturated rings. The molecule has 154 valence electrons. The summed E-state index contributed by atoms with van der Waals surface area (Å²) in [6.07, 6.45) is 2.46. The van der Waals surface area contributed by atoms with Gasteiger partial charge < -0.3 is 16.2 Å². The molecule has 4 N–H and O–H groups in total. The van der Waals surface area contributed by atoms with Crippen molar-refractivity contribution in [2.24, 2.45) is 11.5 Å². The highest BCUT2D eigenvalue weighted by Crippen LogP contribution is 2.44. The van der Waals surface area contributed by atoms with Gasteiger partial charge in [-0.3, -0.25) is 9.59 Å². The fraction of sp³-hybridized carbons (Fsp3) is 0.391. The lowest BCUT2D eigenvalue weighted by molar-refractivity contribution is -0.145. The van der Waals surface area contributed by atoms with Crippen LogP contribution < -0.4 is 11.5 Å². The first-order valence-corrected chi connectivity index (χ1v) is 10.5. The Morgan fingerprint density at radius 3 is 1.97 bits per heavy atom. The second kappa shape index (κ2) is 10.0. The van der Waals surface area contributed by atoms with E-state index in [2.05, 4.69) is 24.3 Å². The molecule has 2 aromatic carbocycles. The van der Waals surface area contributed by atoms with Gasteiger partial charge in [-0.2, -0.15) is 0 Å². The summed E-state index contributed by atoms with van der Waals surface area (Å²) in [5, 5.41) is 0. The summed E-state index contributed by atoms with van der Waals surface area (Å²) in [4.78, 5) is 23.7. The third kappa shape index (κ3) is 5.04. The van der Waals surface area contributed by atoms with Crippen molar-refractivity contribution in [1.82, 2.24) is 0 Å². The largest absolute Gasteiger partial charge is 0.464 e. The van der Waals surface area contributed by atoms with Gasteiger partial charge in [0.1, 0.15) is 12.6 Å². The van der Waals surface area contributed by atoms with Crippen molar-refractivity contribution in [2.75, 3.05) is 12.5 Å². The number of ether oxygens (including phenoxy) is 1. The molecule has 0 aliphatic heterocycles. The Kier molecular flexibility index (Phi) is 7.42. The SMILES string of the molecule is NC(CCCCC(N)C(=O)OCC1c2ccccc2-c2ccccc21)C(=O)CCl. The molecule has 2 atom stereocenters. The van der Waals surface area contributed by atoms with E-state index in [1.165, 1.54) is 22.3 Å². The fourth-order valence-electron chi connectivity index (χ4n) is 3.82. The minimum absolute atomic E-state index is 0.0260. The highest BCUT2D eigenvalue weighted by Gasteiger charge is 2.29. The van der Waals surface area contributed by atoms with E-state index >= 15 is 0 Å². The summed E-state index contributed by atoms with van der Waals surface area (Å²) in [7, 11) is 0. The number of hydrogen-bond donors (Lipinski definition) is 2. The number of fused-ring (bicyclic) bond motifs is 3. The van der Waals surface area contributed by atoms with Crippen molar-refractivity contribution in [3.05, 3.63) is 59.7 Å². The molecule has 2 aromatic rings. The number of hydrogen-bond acceptors (Lipinski definition) is 5. The van der Waals surface area contributed by atoms with Gasteiger partial charge in [0.15, 0.2) is 5.78 Å². The zero-order valence-electron chi connectivity index (χ0n) is 16.4. The van der Waals surface area contributed by atoms with Gasteiger partial charge in [-0.25, -0.2) is 0 Å². The first-order chi connectivity index (χ1) is 14.0. The summed E-state index contributed by atoms with van der Waals surface area (Å²) >= 11 is 5.49. The van der Waals surface area contributed by atoms with Crippen LogP contribution in [0.2, 0.25) is 0 Å². The molecule has 0 amide bonds. The van der Waals surface area contributed by atoms with Crippen LogP contribution in [-0.2, 0) is 14.3 Å². The van der Waals surface area contributed by atoms with E-state index in [-0.39, 0.29) is 24.2 Å². The number of alkyl halides is 1. The van der Waals surface area contributed by atoms with Gasteiger partial charge in [0.2, 0.25) is 0 Å². The number of Topliss-reactive ketones (excluding diaryl/α,β-unsaturated/α-hetero) is 1. The van der Waals surface area contributed by atoms with Crippen LogP contribution in [0.1, 0.15) is 42.7 Å². The smallest absolute Gasteiger partial charge is 0.322 e. The van der Waals surface area contributed by atoms with Crippen LogP contribution in [0.25, 0.3) is 11.1 Å². The minimum atomic E-state index is -0.679. The number of carbonyl (C=O) groups is 2.